The van der Waals surface area contributed by atoms with Crippen molar-refractivity contribution in [1.82, 2.24) is 9.97 Å². The van der Waals surface area contributed by atoms with Crippen LogP contribution in [0.15, 0.2) is 36.8 Å². The molecule has 5 heteroatoms. The normalized spacial score (nSPS) is 11.6. The van der Waals surface area contributed by atoms with E-state index in [4.69, 9.17) is 5.26 Å². The molecule has 1 atom stereocenters. The Balaban J connectivity index is 2.18. The Labute approximate surface area is 104 Å². The van der Waals surface area contributed by atoms with E-state index in [1.807, 2.05) is 13.0 Å². The van der Waals surface area contributed by atoms with E-state index >= 15 is 0 Å². The van der Waals surface area contributed by atoms with E-state index < -0.39 is 5.82 Å². The first-order chi connectivity index (χ1) is 8.70. The molecule has 4 nitrogen and oxygen atoms in total. The summed E-state index contributed by atoms with van der Waals surface area (Å²) in [5.41, 5.74) is 1.36. The van der Waals surface area contributed by atoms with Crippen LogP contribution in [0.5, 0.6) is 0 Å². The van der Waals surface area contributed by atoms with Crippen LogP contribution in [-0.4, -0.2) is 9.97 Å². The summed E-state index contributed by atoms with van der Waals surface area (Å²) < 4.78 is 13.7. The molecule has 1 unspecified atom stereocenters. The van der Waals surface area contributed by atoms with Crippen molar-refractivity contribution in [3.8, 4) is 6.07 Å². The predicted octanol–water partition coefficient (Wildman–Crippen LogP) is 2.66. The predicted molar refractivity (Wildman–Crippen MR) is 65.2 cm³/mol. The van der Waals surface area contributed by atoms with Gasteiger partial charge in [-0.15, -0.1) is 0 Å². The molecule has 0 saturated carbocycles. The van der Waals surface area contributed by atoms with Gasteiger partial charge in [0.15, 0.2) is 0 Å². The van der Waals surface area contributed by atoms with Crippen molar-refractivity contribution in [2.24, 2.45) is 0 Å². The van der Waals surface area contributed by atoms with Gasteiger partial charge in [-0.2, -0.15) is 5.26 Å². The lowest BCUT2D eigenvalue weighted by Crippen LogP contribution is -2.09. The van der Waals surface area contributed by atoms with Gasteiger partial charge in [0.25, 0.3) is 0 Å². The smallest absolute Gasteiger partial charge is 0.147 e. The van der Waals surface area contributed by atoms with Crippen molar-refractivity contribution in [2.75, 3.05) is 5.32 Å². The molecule has 0 bridgehead atoms. The molecule has 18 heavy (non-hydrogen) atoms. The third-order valence-corrected chi connectivity index (χ3v) is 2.50. The lowest BCUT2D eigenvalue weighted by Gasteiger charge is -2.14. The quantitative estimate of drug-likeness (QED) is 0.898. The van der Waals surface area contributed by atoms with E-state index in [9.17, 15) is 4.39 Å². The molecule has 1 aromatic carbocycles. The second-order valence-corrected chi connectivity index (χ2v) is 3.80. The molecule has 0 radical (unpaired) electrons. The molecule has 0 aliphatic carbocycles. The maximum Gasteiger partial charge on any atom is 0.147 e. The highest BCUT2D eigenvalue weighted by atomic mass is 19.1. The molecule has 90 valence electrons. The van der Waals surface area contributed by atoms with Crippen molar-refractivity contribution in [2.45, 2.75) is 13.0 Å². The summed E-state index contributed by atoms with van der Waals surface area (Å²) in [5, 5.41) is 11.6. The van der Waals surface area contributed by atoms with Gasteiger partial charge >= 0.3 is 0 Å². The Kier molecular flexibility index (Phi) is 3.49. The summed E-state index contributed by atoms with van der Waals surface area (Å²) in [6.07, 6.45) is 4.79. The summed E-state index contributed by atoms with van der Waals surface area (Å²) in [6.45, 7) is 1.86. The fourth-order valence-electron chi connectivity index (χ4n) is 1.54. The highest BCUT2D eigenvalue weighted by molar-refractivity contribution is 5.49. The monoisotopic (exact) mass is 242 g/mol. The highest BCUT2D eigenvalue weighted by Gasteiger charge is 2.10. The first-order valence-corrected chi connectivity index (χ1v) is 5.43. The van der Waals surface area contributed by atoms with Crippen LogP contribution in [0.1, 0.15) is 24.2 Å². The topological polar surface area (TPSA) is 61.6 Å². The van der Waals surface area contributed by atoms with E-state index in [1.54, 1.807) is 30.7 Å². The van der Waals surface area contributed by atoms with E-state index in [0.29, 0.717) is 11.3 Å². The Morgan fingerprint density at radius 1 is 1.39 bits per heavy atom. The van der Waals surface area contributed by atoms with Crippen molar-refractivity contribution >= 4 is 5.69 Å². The average molecular weight is 242 g/mol. The molecule has 0 spiro atoms. The van der Waals surface area contributed by atoms with Crippen molar-refractivity contribution in [1.29, 1.82) is 5.26 Å². The van der Waals surface area contributed by atoms with Crippen LogP contribution in [0.3, 0.4) is 0 Å². The molecule has 0 saturated heterocycles. The van der Waals surface area contributed by atoms with Crippen LogP contribution in [0.4, 0.5) is 10.1 Å². The van der Waals surface area contributed by atoms with Crippen LogP contribution in [0.2, 0.25) is 0 Å². The molecule has 1 N–H and O–H groups in total. The molecular formula is C13H11FN4. The van der Waals surface area contributed by atoms with E-state index in [1.165, 1.54) is 6.07 Å². The first kappa shape index (κ1) is 12.0. The fourth-order valence-corrected chi connectivity index (χ4v) is 1.54. The highest BCUT2D eigenvalue weighted by Crippen LogP contribution is 2.20. The van der Waals surface area contributed by atoms with Crippen molar-refractivity contribution < 1.29 is 4.39 Å². The SMILES string of the molecule is CC(Nc1ccc(C#N)cc1F)c1cnccn1. The Morgan fingerprint density at radius 3 is 2.83 bits per heavy atom. The van der Waals surface area contributed by atoms with Gasteiger partial charge in [0, 0.05) is 12.4 Å². The van der Waals surface area contributed by atoms with Gasteiger partial charge in [-0.3, -0.25) is 9.97 Å². The standard InChI is InChI=1S/C13H11FN4/c1-9(13-8-16-4-5-17-13)18-12-3-2-10(7-15)6-11(12)14/h2-6,8-9,18H,1H3. The number of nitriles is 1. The maximum absolute atomic E-state index is 13.7. The minimum atomic E-state index is -0.454. The third kappa shape index (κ3) is 2.61. The molecule has 0 aliphatic heterocycles. The lowest BCUT2D eigenvalue weighted by atomic mass is 10.2. The minimum Gasteiger partial charge on any atom is -0.375 e. The van der Waals surface area contributed by atoms with E-state index in [2.05, 4.69) is 15.3 Å². The number of hydrogen-bond acceptors (Lipinski definition) is 4. The number of rotatable bonds is 3. The number of benzene rings is 1. The average Bonchev–Trinajstić information content (AvgIpc) is 2.42. The number of hydrogen-bond donors (Lipinski definition) is 1. The summed E-state index contributed by atoms with van der Waals surface area (Å²) in [7, 11) is 0. The summed E-state index contributed by atoms with van der Waals surface area (Å²) in [4.78, 5) is 8.10. The van der Waals surface area contributed by atoms with Gasteiger partial charge in [0.05, 0.1) is 35.3 Å². The van der Waals surface area contributed by atoms with Crippen LogP contribution >= 0.6 is 0 Å². The van der Waals surface area contributed by atoms with E-state index in [-0.39, 0.29) is 6.04 Å². The fraction of sp³-hybridized carbons (Fsp3) is 0.154. The summed E-state index contributed by atoms with van der Waals surface area (Å²) in [5.74, 6) is -0.454. The molecule has 0 fully saturated rings. The zero-order chi connectivity index (χ0) is 13.0. The van der Waals surface area contributed by atoms with Gasteiger partial charge in [0.2, 0.25) is 0 Å². The summed E-state index contributed by atoms with van der Waals surface area (Å²) in [6, 6.07) is 6.03. The molecule has 0 aliphatic rings. The number of nitrogens with zero attached hydrogens (tertiary/aromatic N) is 3. The second kappa shape index (κ2) is 5.23. The largest absolute Gasteiger partial charge is 0.375 e. The van der Waals surface area contributed by atoms with Crippen LogP contribution in [0.25, 0.3) is 0 Å². The molecule has 0 amide bonds. The number of aromatic nitrogens is 2. The second-order valence-electron chi connectivity index (χ2n) is 3.80. The molecule has 1 aromatic heterocycles. The lowest BCUT2D eigenvalue weighted by molar-refractivity contribution is 0.626. The Bertz CT molecular complexity index is 577. The zero-order valence-corrected chi connectivity index (χ0v) is 9.76. The van der Waals surface area contributed by atoms with Crippen LogP contribution in [0, 0.1) is 17.1 Å². The Hall–Kier alpha value is -2.48. The zero-order valence-electron chi connectivity index (χ0n) is 9.76. The Morgan fingerprint density at radius 2 is 2.22 bits per heavy atom. The number of halogens is 1. The van der Waals surface area contributed by atoms with Crippen LogP contribution in [-0.2, 0) is 0 Å². The van der Waals surface area contributed by atoms with Crippen molar-refractivity contribution in [3.05, 3.63) is 53.9 Å². The minimum absolute atomic E-state index is 0.166. The first-order valence-electron chi connectivity index (χ1n) is 5.43. The number of anilines is 1. The van der Waals surface area contributed by atoms with Gasteiger partial charge in [0.1, 0.15) is 5.82 Å². The van der Waals surface area contributed by atoms with Crippen LogP contribution < -0.4 is 5.32 Å². The molecule has 2 rings (SSSR count). The van der Waals surface area contributed by atoms with Gasteiger partial charge in [-0.25, -0.2) is 4.39 Å². The molecular weight excluding hydrogens is 231 g/mol. The summed E-state index contributed by atoms with van der Waals surface area (Å²) >= 11 is 0. The van der Waals surface area contributed by atoms with Crippen molar-refractivity contribution in [3.63, 3.8) is 0 Å². The van der Waals surface area contributed by atoms with Gasteiger partial charge in [-0.05, 0) is 25.1 Å². The number of nitrogens with one attached hydrogen (secondary N) is 1. The van der Waals surface area contributed by atoms with E-state index in [0.717, 1.165) is 5.69 Å². The molecule has 1 heterocycles. The maximum atomic E-state index is 13.7. The van der Waals surface area contributed by atoms with Gasteiger partial charge < -0.3 is 5.32 Å². The third-order valence-electron chi connectivity index (χ3n) is 2.50. The van der Waals surface area contributed by atoms with Gasteiger partial charge in [-0.1, -0.05) is 0 Å². The molecule has 2 aromatic rings.